The van der Waals surface area contributed by atoms with Gasteiger partial charge in [0, 0.05) is 13.1 Å². The van der Waals surface area contributed by atoms with E-state index < -0.39 is 10.0 Å². The van der Waals surface area contributed by atoms with Crippen LogP contribution in [-0.4, -0.2) is 60.3 Å². The highest BCUT2D eigenvalue weighted by Crippen LogP contribution is 2.15. The van der Waals surface area contributed by atoms with Crippen LogP contribution in [0.25, 0.3) is 0 Å². The summed E-state index contributed by atoms with van der Waals surface area (Å²) in [6.45, 7) is 9.76. The van der Waals surface area contributed by atoms with E-state index in [1.54, 1.807) is 0 Å². The van der Waals surface area contributed by atoms with Crippen molar-refractivity contribution >= 4 is 21.6 Å². The molecule has 1 heterocycles. The predicted octanol–water partition coefficient (Wildman–Crippen LogP) is 1.87. The van der Waals surface area contributed by atoms with Crippen molar-refractivity contribution in [2.45, 2.75) is 32.1 Å². The lowest BCUT2D eigenvalue weighted by molar-refractivity contribution is 0.285. The van der Waals surface area contributed by atoms with Crippen LogP contribution in [0.5, 0.6) is 0 Å². The molecule has 0 aromatic carbocycles. The molecule has 1 rings (SSSR count). The predicted molar refractivity (Wildman–Crippen MR) is 83.9 cm³/mol. The third-order valence-electron chi connectivity index (χ3n) is 3.36. The number of sulfonamides is 1. The minimum atomic E-state index is -3.55. The van der Waals surface area contributed by atoms with Gasteiger partial charge in [-0.25, -0.2) is 18.4 Å². The van der Waals surface area contributed by atoms with Crippen LogP contribution < -0.4 is 0 Å². The monoisotopic (exact) mass is 334 g/mol. The molecule has 0 aliphatic heterocycles. The van der Waals surface area contributed by atoms with E-state index in [0.29, 0.717) is 13.1 Å². The highest BCUT2D eigenvalue weighted by molar-refractivity contribution is 7.89. The smallest absolute Gasteiger partial charge is 0.246 e. The number of halogens is 1. The molecule has 0 aliphatic carbocycles. The molecule has 0 atom stereocenters. The molecule has 0 unspecified atom stereocenters. The van der Waals surface area contributed by atoms with Crippen molar-refractivity contribution in [3.63, 3.8) is 0 Å². The number of rotatable bonds is 9. The van der Waals surface area contributed by atoms with Crippen LogP contribution in [-0.2, 0) is 10.0 Å². The van der Waals surface area contributed by atoms with Crippen molar-refractivity contribution in [3.8, 4) is 0 Å². The lowest BCUT2D eigenvalue weighted by Gasteiger charge is -2.23. The Morgan fingerprint density at radius 2 is 1.62 bits per heavy atom. The van der Waals surface area contributed by atoms with Gasteiger partial charge in [0.25, 0.3) is 0 Å². The molecular formula is C13H23ClN4O2S. The SMILES string of the molecule is CCN(CC)CCCN(CC)S(=O)(=O)c1cnc(Cl)nc1. The summed E-state index contributed by atoms with van der Waals surface area (Å²) in [6, 6.07) is 0. The molecule has 0 bridgehead atoms. The summed E-state index contributed by atoms with van der Waals surface area (Å²) in [5.41, 5.74) is 0. The zero-order valence-electron chi connectivity index (χ0n) is 12.8. The molecule has 0 fully saturated rings. The average Bonchev–Trinajstić information content (AvgIpc) is 2.48. The van der Waals surface area contributed by atoms with Gasteiger partial charge in [0.15, 0.2) is 0 Å². The summed E-state index contributed by atoms with van der Waals surface area (Å²) >= 11 is 5.59. The van der Waals surface area contributed by atoms with Gasteiger partial charge in [-0.1, -0.05) is 20.8 Å². The Labute approximate surface area is 132 Å². The molecule has 8 heteroatoms. The molecule has 21 heavy (non-hydrogen) atoms. The normalized spacial score (nSPS) is 12.3. The van der Waals surface area contributed by atoms with Gasteiger partial charge in [0.2, 0.25) is 15.3 Å². The molecule has 6 nitrogen and oxygen atoms in total. The van der Waals surface area contributed by atoms with Crippen LogP contribution in [0.15, 0.2) is 17.3 Å². The molecular weight excluding hydrogens is 312 g/mol. The fraction of sp³-hybridized carbons (Fsp3) is 0.692. The lowest BCUT2D eigenvalue weighted by Crippen LogP contribution is -2.34. The maximum absolute atomic E-state index is 12.5. The first-order valence-corrected chi connectivity index (χ1v) is 8.97. The van der Waals surface area contributed by atoms with Gasteiger partial charge in [-0.05, 0) is 37.7 Å². The van der Waals surface area contributed by atoms with Crippen LogP contribution in [0.3, 0.4) is 0 Å². The quantitative estimate of drug-likeness (QED) is 0.645. The standard InChI is InChI=1S/C13H23ClN4O2S/c1-4-17(5-2)8-7-9-18(6-3)21(19,20)12-10-15-13(14)16-11-12/h10-11H,4-9H2,1-3H3. The summed E-state index contributed by atoms with van der Waals surface area (Å²) in [5, 5.41) is 0.0403. The zero-order valence-corrected chi connectivity index (χ0v) is 14.4. The molecule has 0 amide bonds. The highest BCUT2D eigenvalue weighted by Gasteiger charge is 2.23. The third kappa shape index (κ3) is 5.18. The Morgan fingerprint density at radius 1 is 1.05 bits per heavy atom. The third-order valence-corrected chi connectivity index (χ3v) is 5.49. The second-order valence-corrected chi connectivity index (χ2v) is 6.84. The van der Waals surface area contributed by atoms with E-state index in [9.17, 15) is 8.42 Å². The summed E-state index contributed by atoms with van der Waals surface area (Å²) in [4.78, 5) is 9.82. The highest BCUT2D eigenvalue weighted by atomic mass is 35.5. The summed E-state index contributed by atoms with van der Waals surface area (Å²) in [6.07, 6.45) is 3.29. The number of nitrogens with zero attached hydrogens (tertiary/aromatic N) is 4. The van der Waals surface area contributed by atoms with Crippen molar-refractivity contribution in [2.75, 3.05) is 32.7 Å². The van der Waals surface area contributed by atoms with Gasteiger partial charge in [-0.3, -0.25) is 0 Å². The van der Waals surface area contributed by atoms with Gasteiger partial charge in [0.1, 0.15) is 4.90 Å². The van der Waals surface area contributed by atoms with Crippen molar-refractivity contribution in [1.82, 2.24) is 19.2 Å². The van der Waals surface area contributed by atoms with E-state index in [4.69, 9.17) is 11.6 Å². The molecule has 1 aromatic heterocycles. The minimum Gasteiger partial charge on any atom is -0.304 e. The molecule has 0 N–H and O–H groups in total. The van der Waals surface area contributed by atoms with Crippen LogP contribution in [0.1, 0.15) is 27.2 Å². The summed E-state index contributed by atoms with van der Waals surface area (Å²) in [7, 11) is -3.55. The Balaban J connectivity index is 2.72. The van der Waals surface area contributed by atoms with Gasteiger partial charge >= 0.3 is 0 Å². The fourth-order valence-electron chi connectivity index (χ4n) is 2.04. The lowest BCUT2D eigenvalue weighted by atomic mass is 10.3. The fourth-order valence-corrected chi connectivity index (χ4v) is 3.52. The minimum absolute atomic E-state index is 0.0403. The first-order chi connectivity index (χ1) is 9.95. The van der Waals surface area contributed by atoms with E-state index in [-0.39, 0.29) is 10.2 Å². The second-order valence-electron chi connectivity index (χ2n) is 4.56. The first-order valence-electron chi connectivity index (χ1n) is 7.15. The first kappa shape index (κ1) is 18.3. The van der Waals surface area contributed by atoms with E-state index >= 15 is 0 Å². The van der Waals surface area contributed by atoms with Crippen LogP contribution in [0, 0.1) is 0 Å². The zero-order chi connectivity index (χ0) is 15.9. The van der Waals surface area contributed by atoms with Crippen LogP contribution in [0.2, 0.25) is 5.28 Å². The van der Waals surface area contributed by atoms with Crippen LogP contribution in [0.4, 0.5) is 0 Å². The van der Waals surface area contributed by atoms with E-state index in [1.165, 1.54) is 16.7 Å². The van der Waals surface area contributed by atoms with Gasteiger partial charge < -0.3 is 4.90 Å². The molecule has 0 aliphatic rings. The van der Waals surface area contributed by atoms with Gasteiger partial charge in [0.05, 0.1) is 12.4 Å². The van der Waals surface area contributed by atoms with E-state index in [1.807, 2.05) is 6.92 Å². The Kier molecular flexibility index (Phi) is 7.51. The summed E-state index contributed by atoms with van der Waals surface area (Å²) < 4.78 is 26.4. The molecule has 120 valence electrons. The molecule has 0 radical (unpaired) electrons. The number of hydrogen-bond acceptors (Lipinski definition) is 5. The average molecular weight is 335 g/mol. The van der Waals surface area contributed by atoms with E-state index in [0.717, 1.165) is 26.1 Å². The Bertz CT molecular complexity index is 517. The van der Waals surface area contributed by atoms with E-state index in [2.05, 4.69) is 28.7 Å². The van der Waals surface area contributed by atoms with Crippen molar-refractivity contribution in [3.05, 3.63) is 17.7 Å². The molecule has 0 saturated carbocycles. The number of hydrogen-bond donors (Lipinski definition) is 0. The Hall–Kier alpha value is -0.760. The van der Waals surface area contributed by atoms with Crippen LogP contribution >= 0.6 is 11.6 Å². The molecule has 0 spiro atoms. The van der Waals surface area contributed by atoms with Crippen molar-refractivity contribution < 1.29 is 8.42 Å². The second kappa shape index (κ2) is 8.63. The maximum Gasteiger partial charge on any atom is 0.246 e. The largest absolute Gasteiger partial charge is 0.304 e. The van der Waals surface area contributed by atoms with Crippen molar-refractivity contribution in [1.29, 1.82) is 0 Å². The van der Waals surface area contributed by atoms with Crippen molar-refractivity contribution in [2.24, 2.45) is 0 Å². The molecule has 1 aromatic rings. The summed E-state index contributed by atoms with van der Waals surface area (Å²) in [5.74, 6) is 0. The molecule has 0 saturated heterocycles. The van der Waals surface area contributed by atoms with Gasteiger partial charge in [-0.2, -0.15) is 4.31 Å². The van der Waals surface area contributed by atoms with Gasteiger partial charge in [-0.15, -0.1) is 0 Å². The maximum atomic E-state index is 12.5. The number of aromatic nitrogens is 2. The Morgan fingerprint density at radius 3 is 2.10 bits per heavy atom. The topological polar surface area (TPSA) is 66.4 Å².